The summed E-state index contributed by atoms with van der Waals surface area (Å²) < 4.78 is 25.3. The van der Waals surface area contributed by atoms with Gasteiger partial charge in [-0.15, -0.1) is 0 Å². The molecule has 0 bridgehead atoms. The highest BCUT2D eigenvalue weighted by Crippen LogP contribution is 2.28. The Morgan fingerprint density at radius 2 is 1.93 bits per heavy atom. The van der Waals surface area contributed by atoms with Gasteiger partial charge in [0.15, 0.2) is 23.9 Å². The molecule has 0 unspecified atom stereocenters. The van der Waals surface area contributed by atoms with Crippen molar-refractivity contribution >= 4 is 18.0 Å². The number of hydrogen-bond acceptors (Lipinski definition) is 9. The smallest absolute Gasteiger partial charge is 0.331 e. The molecule has 0 aromatic heterocycles. The van der Waals surface area contributed by atoms with Gasteiger partial charge in [0.1, 0.15) is 12.2 Å². The van der Waals surface area contributed by atoms with E-state index in [1.54, 1.807) is 12.1 Å². The zero-order valence-electron chi connectivity index (χ0n) is 15.2. The summed E-state index contributed by atoms with van der Waals surface area (Å²) in [5, 5.41) is 19.8. The summed E-state index contributed by atoms with van der Waals surface area (Å²) >= 11 is 0. The lowest BCUT2D eigenvalue weighted by atomic mass is 10.1. The molecule has 0 radical (unpaired) electrons. The third kappa shape index (κ3) is 5.51. The topological polar surface area (TPSA) is 121 Å². The molecule has 1 aliphatic rings. The SMILES string of the molecule is COc1cc(/C=C/C(=O)O[C@@H]2CO[C@@H](OC)[C@H](O)[C@H]2O)ccc1OC(C)=O. The van der Waals surface area contributed by atoms with E-state index >= 15 is 0 Å². The molecule has 1 saturated heterocycles. The molecule has 1 aromatic rings. The van der Waals surface area contributed by atoms with Crippen molar-refractivity contribution < 1.29 is 43.5 Å². The molecule has 9 nitrogen and oxygen atoms in total. The van der Waals surface area contributed by atoms with Crippen molar-refractivity contribution in [3.05, 3.63) is 29.8 Å². The summed E-state index contributed by atoms with van der Waals surface area (Å²) in [6.07, 6.45) is -2.04. The standard InChI is InChI=1S/C18H22O9/c1-10(19)26-12-6-4-11(8-13(12)23-2)5-7-15(20)27-14-9-25-18(24-3)17(22)16(14)21/h4-8,14,16-18,21-22H,9H2,1-3H3/b7-5+/t14-,16+,17-,18-/m1/s1. The van der Waals surface area contributed by atoms with Gasteiger partial charge in [-0.3, -0.25) is 4.79 Å². The van der Waals surface area contributed by atoms with E-state index < -0.39 is 36.5 Å². The molecule has 1 aliphatic heterocycles. The minimum Gasteiger partial charge on any atom is -0.493 e. The molecule has 0 spiro atoms. The predicted octanol–water partition coefficient (Wildman–Crippen LogP) is 0.270. The van der Waals surface area contributed by atoms with Crippen LogP contribution in [0.2, 0.25) is 0 Å². The first kappa shape index (κ1) is 20.8. The summed E-state index contributed by atoms with van der Waals surface area (Å²) in [6.45, 7) is 1.17. The lowest BCUT2D eigenvalue weighted by Crippen LogP contribution is -2.54. The van der Waals surface area contributed by atoms with Crippen LogP contribution >= 0.6 is 0 Å². The fourth-order valence-corrected chi connectivity index (χ4v) is 2.46. The molecule has 2 N–H and O–H groups in total. The van der Waals surface area contributed by atoms with E-state index in [1.807, 2.05) is 0 Å². The molecule has 1 fully saturated rings. The van der Waals surface area contributed by atoms with Crippen LogP contribution in [0, 0.1) is 0 Å². The molecule has 4 atom stereocenters. The van der Waals surface area contributed by atoms with Crippen molar-refractivity contribution in [2.45, 2.75) is 31.5 Å². The summed E-state index contributed by atoms with van der Waals surface area (Å²) in [5.74, 6) is -0.625. The van der Waals surface area contributed by atoms with Crippen LogP contribution < -0.4 is 9.47 Å². The molecule has 1 heterocycles. The number of ether oxygens (including phenoxy) is 5. The Balaban J connectivity index is 1.99. The molecular weight excluding hydrogens is 360 g/mol. The third-order valence-corrected chi connectivity index (χ3v) is 3.79. The summed E-state index contributed by atoms with van der Waals surface area (Å²) in [4.78, 5) is 23.0. The maximum absolute atomic E-state index is 12.0. The number of methoxy groups -OCH3 is 2. The van der Waals surface area contributed by atoms with Gasteiger partial charge in [-0.2, -0.15) is 0 Å². The van der Waals surface area contributed by atoms with E-state index in [1.165, 1.54) is 33.3 Å². The first-order valence-corrected chi connectivity index (χ1v) is 8.11. The van der Waals surface area contributed by atoms with Gasteiger partial charge >= 0.3 is 11.9 Å². The molecule has 2 rings (SSSR count). The Morgan fingerprint density at radius 1 is 1.19 bits per heavy atom. The van der Waals surface area contributed by atoms with E-state index in [4.69, 9.17) is 23.7 Å². The van der Waals surface area contributed by atoms with Gasteiger partial charge in [-0.05, 0) is 23.8 Å². The van der Waals surface area contributed by atoms with Crippen molar-refractivity contribution in [2.75, 3.05) is 20.8 Å². The number of carbonyl (C=O) groups excluding carboxylic acids is 2. The Kier molecular flexibility index (Phi) is 7.31. The van der Waals surface area contributed by atoms with Crippen molar-refractivity contribution in [3.8, 4) is 11.5 Å². The maximum Gasteiger partial charge on any atom is 0.331 e. The Bertz CT molecular complexity index is 700. The molecule has 9 heteroatoms. The number of carbonyl (C=O) groups is 2. The van der Waals surface area contributed by atoms with Gasteiger partial charge in [0.2, 0.25) is 0 Å². The number of rotatable bonds is 6. The normalized spacial score (nSPS) is 25.2. The summed E-state index contributed by atoms with van der Waals surface area (Å²) in [5.41, 5.74) is 0.597. The summed E-state index contributed by atoms with van der Waals surface area (Å²) in [6, 6.07) is 4.73. The second kappa shape index (κ2) is 9.47. The fraction of sp³-hybridized carbons (Fsp3) is 0.444. The molecule has 1 aromatic carbocycles. The van der Waals surface area contributed by atoms with Crippen LogP contribution in [0.15, 0.2) is 24.3 Å². The molecule has 148 valence electrons. The minimum atomic E-state index is -1.33. The number of hydrogen-bond donors (Lipinski definition) is 2. The second-order valence-corrected chi connectivity index (χ2v) is 5.73. The Hall–Kier alpha value is -2.46. The van der Waals surface area contributed by atoms with E-state index in [0.29, 0.717) is 11.3 Å². The zero-order valence-corrected chi connectivity index (χ0v) is 15.2. The highest BCUT2D eigenvalue weighted by Gasteiger charge is 2.40. The summed E-state index contributed by atoms with van der Waals surface area (Å²) in [7, 11) is 2.75. The molecule has 27 heavy (non-hydrogen) atoms. The monoisotopic (exact) mass is 382 g/mol. The first-order chi connectivity index (χ1) is 12.8. The van der Waals surface area contributed by atoms with E-state index in [-0.39, 0.29) is 12.4 Å². The van der Waals surface area contributed by atoms with Crippen molar-refractivity contribution in [1.82, 2.24) is 0 Å². The maximum atomic E-state index is 12.0. The van der Waals surface area contributed by atoms with Crippen LogP contribution in [0.1, 0.15) is 12.5 Å². The van der Waals surface area contributed by atoms with Gasteiger partial charge in [-0.1, -0.05) is 6.07 Å². The van der Waals surface area contributed by atoms with Crippen LogP contribution in [0.5, 0.6) is 11.5 Å². The van der Waals surface area contributed by atoms with Crippen LogP contribution in [0.25, 0.3) is 6.08 Å². The molecule has 0 saturated carbocycles. The second-order valence-electron chi connectivity index (χ2n) is 5.73. The minimum absolute atomic E-state index is 0.110. The average Bonchev–Trinajstić information content (AvgIpc) is 2.64. The quantitative estimate of drug-likeness (QED) is 0.406. The Labute approximate surface area is 156 Å². The number of aliphatic hydroxyl groups excluding tert-OH is 2. The lowest BCUT2D eigenvalue weighted by Gasteiger charge is -2.35. The highest BCUT2D eigenvalue weighted by atomic mass is 16.7. The Morgan fingerprint density at radius 3 is 2.56 bits per heavy atom. The van der Waals surface area contributed by atoms with Crippen molar-refractivity contribution in [3.63, 3.8) is 0 Å². The number of esters is 2. The van der Waals surface area contributed by atoms with Crippen molar-refractivity contribution in [1.29, 1.82) is 0 Å². The van der Waals surface area contributed by atoms with Crippen LogP contribution in [-0.4, -0.2) is 67.6 Å². The molecular formula is C18H22O9. The lowest BCUT2D eigenvalue weighted by molar-refractivity contribution is -0.265. The van der Waals surface area contributed by atoms with E-state index in [2.05, 4.69) is 0 Å². The highest BCUT2D eigenvalue weighted by molar-refractivity contribution is 5.87. The van der Waals surface area contributed by atoms with Crippen LogP contribution in [0.4, 0.5) is 0 Å². The third-order valence-electron chi connectivity index (χ3n) is 3.79. The van der Waals surface area contributed by atoms with E-state index in [0.717, 1.165) is 6.08 Å². The van der Waals surface area contributed by atoms with Gasteiger partial charge in [0.05, 0.1) is 13.7 Å². The average molecular weight is 382 g/mol. The van der Waals surface area contributed by atoms with Crippen LogP contribution in [0.3, 0.4) is 0 Å². The first-order valence-electron chi connectivity index (χ1n) is 8.11. The van der Waals surface area contributed by atoms with Gasteiger partial charge < -0.3 is 33.9 Å². The zero-order chi connectivity index (χ0) is 20.0. The van der Waals surface area contributed by atoms with E-state index in [9.17, 15) is 19.8 Å². The van der Waals surface area contributed by atoms with Crippen molar-refractivity contribution in [2.24, 2.45) is 0 Å². The van der Waals surface area contributed by atoms with Gasteiger partial charge in [-0.25, -0.2) is 4.79 Å². The van der Waals surface area contributed by atoms with Gasteiger partial charge in [0, 0.05) is 20.1 Å². The molecule has 0 amide bonds. The predicted molar refractivity (Wildman–Crippen MR) is 92.0 cm³/mol. The van der Waals surface area contributed by atoms with Gasteiger partial charge in [0.25, 0.3) is 0 Å². The molecule has 0 aliphatic carbocycles. The largest absolute Gasteiger partial charge is 0.493 e. The number of aliphatic hydroxyl groups is 2. The number of benzene rings is 1. The van der Waals surface area contributed by atoms with Crippen LogP contribution in [-0.2, 0) is 23.8 Å². The fourth-order valence-electron chi connectivity index (χ4n) is 2.46.